The van der Waals surface area contributed by atoms with Gasteiger partial charge in [0.15, 0.2) is 5.75 Å². The van der Waals surface area contributed by atoms with E-state index in [1.165, 1.54) is 50.6 Å². The molecule has 0 bridgehead atoms. The highest BCUT2D eigenvalue weighted by Gasteiger charge is 2.18. The number of halogens is 1. The normalized spacial score (nSPS) is 14.1. The number of carbonyl (C=O) groups excluding carboxylic acids is 1. The van der Waals surface area contributed by atoms with Gasteiger partial charge >= 0.3 is 0 Å². The molecule has 1 fully saturated rings. The number of benzene rings is 3. The van der Waals surface area contributed by atoms with Crippen LogP contribution in [-0.4, -0.2) is 52.5 Å². The lowest BCUT2D eigenvalue weighted by atomic mass is 10.1. The van der Waals surface area contributed by atoms with Crippen molar-refractivity contribution >= 4 is 33.2 Å². The molecular formula is C27H30ClN3O5S. The van der Waals surface area contributed by atoms with Crippen LogP contribution in [0.5, 0.6) is 17.2 Å². The van der Waals surface area contributed by atoms with Crippen LogP contribution in [0.3, 0.4) is 0 Å². The molecule has 0 aromatic heterocycles. The third-order valence-electron chi connectivity index (χ3n) is 6.08. The fourth-order valence-corrected chi connectivity index (χ4v) is 5.33. The van der Waals surface area contributed by atoms with Gasteiger partial charge in [-0.1, -0.05) is 30.2 Å². The minimum atomic E-state index is -3.94. The molecule has 4 rings (SSSR count). The first kappa shape index (κ1) is 26.8. The van der Waals surface area contributed by atoms with Gasteiger partial charge in [0.2, 0.25) is 0 Å². The number of ether oxygens (including phenoxy) is 2. The van der Waals surface area contributed by atoms with E-state index in [2.05, 4.69) is 14.9 Å². The van der Waals surface area contributed by atoms with Gasteiger partial charge < -0.3 is 19.7 Å². The van der Waals surface area contributed by atoms with Gasteiger partial charge in [0.1, 0.15) is 11.5 Å². The highest BCUT2D eigenvalue weighted by atomic mass is 35.5. The van der Waals surface area contributed by atoms with Gasteiger partial charge in [0, 0.05) is 24.7 Å². The predicted molar refractivity (Wildman–Crippen MR) is 144 cm³/mol. The summed E-state index contributed by atoms with van der Waals surface area (Å²) in [5, 5.41) is 3.23. The molecule has 0 atom stereocenters. The van der Waals surface area contributed by atoms with Crippen molar-refractivity contribution < 1.29 is 22.7 Å². The van der Waals surface area contributed by atoms with Gasteiger partial charge in [-0.3, -0.25) is 9.52 Å². The third-order valence-corrected chi connectivity index (χ3v) is 7.76. The molecule has 3 aromatic carbocycles. The van der Waals surface area contributed by atoms with E-state index < -0.39 is 10.0 Å². The molecule has 2 N–H and O–H groups in total. The molecule has 0 unspecified atom stereocenters. The number of hydrogen-bond donors (Lipinski definition) is 2. The maximum absolute atomic E-state index is 13.1. The van der Waals surface area contributed by atoms with Gasteiger partial charge in [-0.05, 0) is 74.5 Å². The first-order chi connectivity index (χ1) is 17.9. The smallest absolute Gasteiger partial charge is 0.262 e. The SMILES string of the molecule is COc1ccc(Oc2ccccc2NS(=O)(=O)c2ccc(C(=O)NCCN3CCCCC3)cc2)c(Cl)c1. The monoisotopic (exact) mass is 543 g/mol. The number of hydrogen-bond acceptors (Lipinski definition) is 6. The maximum Gasteiger partial charge on any atom is 0.262 e. The van der Waals surface area contributed by atoms with Crippen molar-refractivity contribution in [3.05, 3.63) is 77.3 Å². The summed E-state index contributed by atoms with van der Waals surface area (Å²) in [7, 11) is -2.41. The van der Waals surface area contributed by atoms with Crippen molar-refractivity contribution in [1.29, 1.82) is 0 Å². The van der Waals surface area contributed by atoms with Gasteiger partial charge in [0.05, 0.1) is 22.7 Å². The number of nitrogens with zero attached hydrogens (tertiary/aromatic N) is 1. The van der Waals surface area contributed by atoms with Crippen LogP contribution in [0.4, 0.5) is 5.69 Å². The van der Waals surface area contributed by atoms with Gasteiger partial charge in [-0.2, -0.15) is 0 Å². The van der Waals surface area contributed by atoms with E-state index in [4.69, 9.17) is 21.1 Å². The first-order valence-corrected chi connectivity index (χ1v) is 14.0. The molecule has 3 aromatic rings. The third kappa shape index (κ3) is 7.15. The maximum atomic E-state index is 13.1. The van der Waals surface area contributed by atoms with Crippen molar-refractivity contribution in [1.82, 2.24) is 10.2 Å². The lowest BCUT2D eigenvalue weighted by Gasteiger charge is -2.26. The summed E-state index contributed by atoms with van der Waals surface area (Å²) in [4.78, 5) is 14.9. The van der Waals surface area contributed by atoms with Gasteiger partial charge in [-0.15, -0.1) is 0 Å². The average Bonchev–Trinajstić information content (AvgIpc) is 2.91. The van der Waals surface area contributed by atoms with Crippen LogP contribution in [0.2, 0.25) is 5.02 Å². The lowest BCUT2D eigenvalue weighted by molar-refractivity contribution is 0.0946. The number of piperidine rings is 1. The van der Waals surface area contributed by atoms with E-state index in [0.717, 1.165) is 19.6 Å². The quantitative estimate of drug-likeness (QED) is 0.367. The highest BCUT2D eigenvalue weighted by Crippen LogP contribution is 2.36. The topological polar surface area (TPSA) is 97.0 Å². The van der Waals surface area contributed by atoms with E-state index in [1.54, 1.807) is 42.5 Å². The van der Waals surface area contributed by atoms with Crippen LogP contribution in [0.15, 0.2) is 71.6 Å². The highest BCUT2D eigenvalue weighted by molar-refractivity contribution is 7.92. The summed E-state index contributed by atoms with van der Waals surface area (Å²) in [6.45, 7) is 3.49. The zero-order chi connectivity index (χ0) is 26.3. The van der Waals surface area contributed by atoms with E-state index >= 15 is 0 Å². The van der Waals surface area contributed by atoms with Crippen molar-refractivity contribution in [2.45, 2.75) is 24.2 Å². The number of anilines is 1. The second-order valence-electron chi connectivity index (χ2n) is 8.68. The Labute approximate surface area is 222 Å². The van der Waals surface area contributed by atoms with Crippen LogP contribution in [0, 0.1) is 0 Å². The number of para-hydroxylation sites is 2. The number of rotatable bonds is 10. The molecular weight excluding hydrogens is 514 g/mol. The van der Waals surface area contributed by atoms with Crippen molar-refractivity contribution in [2.24, 2.45) is 0 Å². The van der Waals surface area contributed by atoms with Crippen LogP contribution in [0.1, 0.15) is 29.6 Å². The number of nitrogens with one attached hydrogen (secondary N) is 2. The molecule has 0 spiro atoms. The van der Waals surface area contributed by atoms with Crippen LogP contribution >= 0.6 is 11.6 Å². The number of likely N-dealkylation sites (tertiary alicyclic amines) is 1. The summed E-state index contributed by atoms with van der Waals surface area (Å²) < 4.78 is 39.7. The fraction of sp³-hybridized carbons (Fsp3) is 0.296. The van der Waals surface area contributed by atoms with Crippen LogP contribution in [-0.2, 0) is 10.0 Å². The Morgan fingerprint density at radius 3 is 2.41 bits per heavy atom. The van der Waals surface area contributed by atoms with E-state index in [1.807, 2.05) is 0 Å². The Hall–Kier alpha value is -3.27. The van der Waals surface area contributed by atoms with Crippen LogP contribution < -0.4 is 19.5 Å². The largest absolute Gasteiger partial charge is 0.497 e. The van der Waals surface area contributed by atoms with Gasteiger partial charge in [0.25, 0.3) is 15.9 Å². The first-order valence-electron chi connectivity index (χ1n) is 12.1. The van der Waals surface area contributed by atoms with Crippen molar-refractivity contribution in [3.63, 3.8) is 0 Å². The standard InChI is InChI=1S/C27H30ClN3O5S/c1-35-21-11-14-25(23(28)19-21)36-26-8-4-3-7-24(26)30-37(33,34)22-12-9-20(10-13-22)27(32)29-15-18-31-16-5-2-6-17-31/h3-4,7-14,19,30H,2,5-6,15-18H2,1H3,(H,29,32). The van der Waals surface area contributed by atoms with E-state index in [9.17, 15) is 13.2 Å². The van der Waals surface area contributed by atoms with Crippen LogP contribution in [0.25, 0.3) is 0 Å². The summed E-state index contributed by atoms with van der Waals surface area (Å²) in [5.41, 5.74) is 0.643. The molecule has 10 heteroatoms. The zero-order valence-corrected chi connectivity index (χ0v) is 22.1. The Morgan fingerprint density at radius 2 is 1.70 bits per heavy atom. The fourth-order valence-electron chi connectivity index (χ4n) is 4.05. The summed E-state index contributed by atoms with van der Waals surface area (Å²) in [6.07, 6.45) is 3.66. The van der Waals surface area contributed by atoms with E-state index in [-0.39, 0.29) is 22.2 Å². The van der Waals surface area contributed by atoms with Crippen molar-refractivity contribution in [2.75, 3.05) is 38.0 Å². The molecule has 0 radical (unpaired) electrons. The lowest BCUT2D eigenvalue weighted by Crippen LogP contribution is -2.37. The molecule has 1 saturated heterocycles. The Bertz CT molecular complexity index is 1330. The molecule has 37 heavy (non-hydrogen) atoms. The number of amides is 1. The summed E-state index contributed by atoms with van der Waals surface area (Å²) >= 11 is 6.27. The number of methoxy groups -OCH3 is 1. The second-order valence-corrected chi connectivity index (χ2v) is 10.8. The summed E-state index contributed by atoms with van der Waals surface area (Å²) in [5.74, 6) is 0.974. The molecule has 196 valence electrons. The molecule has 1 amide bonds. The van der Waals surface area contributed by atoms with E-state index in [0.29, 0.717) is 28.6 Å². The minimum Gasteiger partial charge on any atom is -0.497 e. The Morgan fingerprint density at radius 1 is 0.973 bits per heavy atom. The molecule has 1 aliphatic heterocycles. The molecule has 0 saturated carbocycles. The second kappa shape index (κ2) is 12.3. The molecule has 1 heterocycles. The zero-order valence-electron chi connectivity index (χ0n) is 20.6. The van der Waals surface area contributed by atoms with Gasteiger partial charge in [-0.25, -0.2) is 8.42 Å². The summed E-state index contributed by atoms with van der Waals surface area (Å²) in [6, 6.07) is 17.4. The molecule has 1 aliphatic rings. The molecule has 8 nitrogen and oxygen atoms in total. The van der Waals surface area contributed by atoms with Crippen molar-refractivity contribution in [3.8, 4) is 17.2 Å². The Kier molecular flexibility index (Phi) is 8.91. The Balaban J connectivity index is 1.40. The number of carbonyl (C=O) groups is 1. The minimum absolute atomic E-state index is 0.0228. The average molecular weight is 544 g/mol. The number of sulfonamides is 1. The predicted octanol–water partition coefficient (Wildman–Crippen LogP) is 5.16. The molecule has 0 aliphatic carbocycles.